The van der Waals surface area contributed by atoms with Gasteiger partial charge in [-0.2, -0.15) is 0 Å². The largest absolute Gasteiger partial charge is 0.281 e. The van der Waals surface area contributed by atoms with Crippen LogP contribution < -0.4 is 0 Å². The molecule has 1 saturated carbocycles. The van der Waals surface area contributed by atoms with Gasteiger partial charge in [-0.05, 0) is 57.6 Å². The molecule has 1 aliphatic rings. The Labute approximate surface area is 94.4 Å². The van der Waals surface area contributed by atoms with E-state index in [2.05, 4.69) is 15.9 Å². The highest BCUT2D eigenvalue weighted by molar-refractivity contribution is 9.10. The van der Waals surface area contributed by atoms with E-state index in [1.807, 2.05) is 6.07 Å². The topological polar surface area (TPSA) is 17.1 Å². The lowest BCUT2D eigenvalue weighted by atomic mass is 10.1. The molecular formula is C10H7BrClFO. The first-order valence-corrected chi connectivity index (χ1v) is 5.41. The summed E-state index contributed by atoms with van der Waals surface area (Å²) >= 11 is 8.42. The molecule has 2 atom stereocenters. The van der Waals surface area contributed by atoms with Crippen molar-refractivity contribution in [3.05, 3.63) is 34.1 Å². The molecule has 14 heavy (non-hydrogen) atoms. The van der Waals surface area contributed by atoms with Crippen molar-refractivity contribution < 1.29 is 9.18 Å². The van der Waals surface area contributed by atoms with Gasteiger partial charge in [-0.25, -0.2) is 4.39 Å². The average molecular weight is 278 g/mol. The number of rotatable bonds is 2. The summed E-state index contributed by atoms with van der Waals surface area (Å²) in [5.74, 6) is -0.296. The van der Waals surface area contributed by atoms with Crippen molar-refractivity contribution in [1.82, 2.24) is 0 Å². The van der Waals surface area contributed by atoms with Gasteiger partial charge in [0.1, 0.15) is 5.82 Å². The Balaban J connectivity index is 2.20. The maximum Gasteiger partial charge on any atom is 0.225 e. The molecule has 0 saturated heterocycles. The van der Waals surface area contributed by atoms with E-state index in [-0.39, 0.29) is 22.9 Å². The molecule has 2 rings (SSSR count). The molecule has 0 radical (unpaired) electrons. The third-order valence-corrected chi connectivity index (χ3v) is 3.38. The summed E-state index contributed by atoms with van der Waals surface area (Å²) in [7, 11) is 0. The Kier molecular flexibility index (Phi) is 2.62. The van der Waals surface area contributed by atoms with Crippen molar-refractivity contribution in [2.24, 2.45) is 5.92 Å². The van der Waals surface area contributed by atoms with Crippen LogP contribution in [0.25, 0.3) is 0 Å². The molecule has 0 bridgehead atoms. The van der Waals surface area contributed by atoms with Gasteiger partial charge in [0.25, 0.3) is 0 Å². The first-order valence-electron chi connectivity index (χ1n) is 4.24. The van der Waals surface area contributed by atoms with Gasteiger partial charge in [-0.1, -0.05) is 6.07 Å². The lowest BCUT2D eigenvalue weighted by Crippen LogP contribution is -1.92. The fourth-order valence-corrected chi connectivity index (χ4v) is 2.05. The molecule has 0 aliphatic heterocycles. The number of carbonyl (C=O) groups excluding carboxylic acids is 1. The predicted octanol–water partition coefficient (Wildman–Crippen LogP) is 3.46. The Morgan fingerprint density at radius 3 is 2.79 bits per heavy atom. The summed E-state index contributed by atoms with van der Waals surface area (Å²) < 4.78 is 13.6. The number of carbonyl (C=O) groups is 1. The highest BCUT2D eigenvalue weighted by Crippen LogP contribution is 2.48. The molecule has 0 aromatic heterocycles. The van der Waals surface area contributed by atoms with E-state index < -0.39 is 0 Å². The summed E-state index contributed by atoms with van der Waals surface area (Å²) in [6.45, 7) is 0. The van der Waals surface area contributed by atoms with Gasteiger partial charge >= 0.3 is 0 Å². The van der Waals surface area contributed by atoms with E-state index >= 15 is 0 Å². The third-order valence-electron chi connectivity index (χ3n) is 2.45. The monoisotopic (exact) mass is 276 g/mol. The van der Waals surface area contributed by atoms with E-state index in [0.29, 0.717) is 4.47 Å². The van der Waals surface area contributed by atoms with Crippen LogP contribution in [0.3, 0.4) is 0 Å². The smallest absolute Gasteiger partial charge is 0.225 e. The van der Waals surface area contributed by atoms with Crippen LogP contribution in [0.2, 0.25) is 0 Å². The number of hydrogen-bond donors (Lipinski definition) is 0. The van der Waals surface area contributed by atoms with Gasteiger partial charge in [0.15, 0.2) is 0 Å². The maximum atomic E-state index is 13.1. The summed E-state index contributed by atoms with van der Waals surface area (Å²) in [5, 5.41) is -0.321. The standard InChI is InChI=1S/C10H7BrClFO/c11-8-2-1-5(3-9(8)13)6-4-7(6)10(12)14/h1-3,6-7H,4H2/t6-,7+/m1/s1. The minimum Gasteiger partial charge on any atom is -0.281 e. The SMILES string of the molecule is O=C(Cl)[C@H]1C[C@@H]1c1ccc(Br)c(F)c1. The van der Waals surface area contributed by atoms with E-state index in [1.165, 1.54) is 6.07 Å². The van der Waals surface area contributed by atoms with Crippen molar-refractivity contribution in [3.63, 3.8) is 0 Å². The zero-order valence-corrected chi connectivity index (χ0v) is 9.48. The van der Waals surface area contributed by atoms with Crippen LogP contribution in [-0.4, -0.2) is 5.24 Å². The summed E-state index contributed by atoms with van der Waals surface area (Å²) in [6.07, 6.45) is 0.739. The van der Waals surface area contributed by atoms with Gasteiger partial charge in [-0.3, -0.25) is 4.79 Å². The predicted molar refractivity (Wildman–Crippen MR) is 55.8 cm³/mol. The molecule has 0 amide bonds. The normalized spacial score (nSPS) is 24.8. The molecule has 74 valence electrons. The lowest BCUT2D eigenvalue weighted by molar-refractivity contribution is -0.112. The minimum absolute atomic E-state index is 0.114. The highest BCUT2D eigenvalue weighted by Gasteiger charge is 2.43. The van der Waals surface area contributed by atoms with Crippen LogP contribution >= 0.6 is 27.5 Å². The van der Waals surface area contributed by atoms with Crippen molar-refractivity contribution in [2.45, 2.75) is 12.3 Å². The fourth-order valence-electron chi connectivity index (χ4n) is 1.56. The van der Waals surface area contributed by atoms with Crippen LogP contribution in [0.15, 0.2) is 22.7 Å². The quantitative estimate of drug-likeness (QED) is 0.757. The number of halogens is 3. The Hall–Kier alpha value is -0.410. The van der Waals surface area contributed by atoms with Gasteiger partial charge < -0.3 is 0 Å². The second-order valence-electron chi connectivity index (χ2n) is 3.43. The van der Waals surface area contributed by atoms with Crippen LogP contribution in [0.5, 0.6) is 0 Å². The molecule has 0 spiro atoms. The third kappa shape index (κ3) is 1.84. The van der Waals surface area contributed by atoms with Crippen LogP contribution in [-0.2, 0) is 4.79 Å². The lowest BCUT2D eigenvalue weighted by Gasteiger charge is -2.00. The van der Waals surface area contributed by atoms with Gasteiger partial charge in [0.2, 0.25) is 5.24 Å². The summed E-state index contributed by atoms with van der Waals surface area (Å²) in [4.78, 5) is 10.8. The molecular weight excluding hydrogens is 270 g/mol. The van der Waals surface area contributed by atoms with Crippen LogP contribution in [0.4, 0.5) is 4.39 Å². The molecule has 1 aromatic carbocycles. The van der Waals surface area contributed by atoms with E-state index in [4.69, 9.17) is 11.6 Å². The van der Waals surface area contributed by atoms with E-state index in [1.54, 1.807) is 6.07 Å². The first-order chi connectivity index (χ1) is 6.59. The zero-order chi connectivity index (χ0) is 10.3. The summed E-state index contributed by atoms with van der Waals surface area (Å²) in [6, 6.07) is 4.92. The van der Waals surface area contributed by atoms with Gasteiger partial charge in [0.05, 0.1) is 4.47 Å². The number of benzene rings is 1. The first kappa shape index (κ1) is 10.1. The molecule has 0 N–H and O–H groups in total. The summed E-state index contributed by atoms with van der Waals surface area (Å²) in [5.41, 5.74) is 0.852. The van der Waals surface area contributed by atoms with Crippen LogP contribution in [0, 0.1) is 11.7 Å². The van der Waals surface area contributed by atoms with Gasteiger partial charge in [-0.15, -0.1) is 0 Å². The second-order valence-corrected chi connectivity index (χ2v) is 4.65. The van der Waals surface area contributed by atoms with Crippen LogP contribution in [0.1, 0.15) is 17.9 Å². The Morgan fingerprint density at radius 1 is 1.57 bits per heavy atom. The minimum atomic E-state index is -0.321. The Bertz CT molecular complexity index is 394. The highest BCUT2D eigenvalue weighted by atomic mass is 79.9. The van der Waals surface area contributed by atoms with Crippen molar-refractivity contribution in [3.8, 4) is 0 Å². The molecule has 1 fully saturated rings. The fraction of sp³-hybridized carbons (Fsp3) is 0.300. The van der Waals surface area contributed by atoms with Crippen molar-refractivity contribution >= 4 is 32.8 Å². The van der Waals surface area contributed by atoms with E-state index in [0.717, 1.165) is 12.0 Å². The molecule has 1 aliphatic carbocycles. The molecule has 0 unspecified atom stereocenters. The number of hydrogen-bond acceptors (Lipinski definition) is 1. The molecule has 4 heteroatoms. The average Bonchev–Trinajstić information content (AvgIpc) is 2.89. The second kappa shape index (κ2) is 3.63. The van der Waals surface area contributed by atoms with Crippen molar-refractivity contribution in [1.29, 1.82) is 0 Å². The maximum absolute atomic E-state index is 13.1. The van der Waals surface area contributed by atoms with Crippen molar-refractivity contribution in [2.75, 3.05) is 0 Å². The van der Waals surface area contributed by atoms with Gasteiger partial charge in [0, 0.05) is 5.92 Å². The Morgan fingerprint density at radius 2 is 2.29 bits per heavy atom. The van der Waals surface area contributed by atoms with E-state index in [9.17, 15) is 9.18 Å². The molecule has 1 aromatic rings. The zero-order valence-electron chi connectivity index (χ0n) is 7.14. The molecule has 1 nitrogen and oxygen atoms in total. The molecule has 0 heterocycles.